The van der Waals surface area contributed by atoms with Crippen molar-refractivity contribution in [3.05, 3.63) is 65.5 Å². The van der Waals surface area contributed by atoms with Crippen LogP contribution in [0.15, 0.2) is 48.5 Å². The molecule has 2 aromatic carbocycles. The van der Waals surface area contributed by atoms with Gasteiger partial charge in [0.05, 0.1) is 20.6 Å². The Labute approximate surface area is 145 Å². The van der Waals surface area contributed by atoms with Crippen molar-refractivity contribution in [2.45, 2.75) is 18.9 Å². The maximum absolute atomic E-state index is 12.9. The molecule has 2 aromatic rings. The lowest BCUT2D eigenvalue weighted by Gasteiger charge is -2.17. The molecule has 0 saturated heterocycles. The number of amides is 1. The van der Waals surface area contributed by atoms with Gasteiger partial charge in [0.15, 0.2) is 0 Å². The molecule has 2 rings (SSSR count). The number of hydrogen-bond donors (Lipinski definition) is 1. The van der Waals surface area contributed by atoms with Crippen LogP contribution in [-0.4, -0.2) is 32.1 Å². The Morgan fingerprint density at radius 1 is 1.00 bits per heavy atom. The minimum Gasteiger partial charge on any atom is -0.497 e. The summed E-state index contributed by atoms with van der Waals surface area (Å²) in [4.78, 5) is 24.1. The second-order valence-electron chi connectivity index (χ2n) is 5.50. The van der Waals surface area contributed by atoms with E-state index >= 15 is 0 Å². The van der Waals surface area contributed by atoms with Crippen molar-refractivity contribution < 1.29 is 23.5 Å². The van der Waals surface area contributed by atoms with E-state index in [-0.39, 0.29) is 18.1 Å². The van der Waals surface area contributed by atoms with E-state index in [1.165, 1.54) is 31.4 Å². The molecule has 1 amide bonds. The molecule has 25 heavy (non-hydrogen) atoms. The standard InChI is InChI=1S/C19H20FNO4/c1-24-16-9-5-13(6-10-16)11-17(19(23)25-2)21-18(22)12-14-3-7-15(20)8-4-14/h3-10,17H,11-12H2,1-2H3,(H,21,22)/t17-/m0/s1. The van der Waals surface area contributed by atoms with Gasteiger partial charge in [0, 0.05) is 6.42 Å². The fourth-order valence-corrected chi connectivity index (χ4v) is 2.37. The molecule has 0 aliphatic rings. The molecule has 6 heteroatoms. The Morgan fingerprint density at radius 3 is 2.16 bits per heavy atom. The Balaban J connectivity index is 2.02. The molecule has 0 saturated carbocycles. The molecule has 0 spiro atoms. The van der Waals surface area contributed by atoms with E-state index in [0.29, 0.717) is 17.7 Å². The summed E-state index contributed by atoms with van der Waals surface area (Å²) in [5.41, 5.74) is 1.52. The van der Waals surface area contributed by atoms with Crippen molar-refractivity contribution in [1.82, 2.24) is 5.32 Å². The SMILES string of the molecule is COC(=O)[C@H](Cc1ccc(OC)cc1)NC(=O)Cc1ccc(F)cc1. The van der Waals surface area contributed by atoms with Crippen LogP contribution in [0.1, 0.15) is 11.1 Å². The molecular formula is C19H20FNO4. The van der Waals surface area contributed by atoms with E-state index in [2.05, 4.69) is 5.32 Å². The summed E-state index contributed by atoms with van der Waals surface area (Å²) in [6.45, 7) is 0. The first-order valence-corrected chi connectivity index (χ1v) is 7.76. The Hall–Kier alpha value is -2.89. The number of hydrogen-bond acceptors (Lipinski definition) is 4. The summed E-state index contributed by atoms with van der Waals surface area (Å²) in [7, 11) is 2.84. The van der Waals surface area contributed by atoms with Crippen molar-refractivity contribution in [3.63, 3.8) is 0 Å². The Kier molecular flexibility index (Phi) is 6.51. The van der Waals surface area contributed by atoms with Crippen LogP contribution < -0.4 is 10.1 Å². The first kappa shape index (κ1) is 18.4. The summed E-state index contributed by atoms with van der Waals surface area (Å²) in [6.07, 6.45) is 0.349. The van der Waals surface area contributed by atoms with E-state index in [4.69, 9.17) is 9.47 Å². The quantitative estimate of drug-likeness (QED) is 0.782. The number of nitrogens with one attached hydrogen (secondary N) is 1. The van der Waals surface area contributed by atoms with E-state index in [0.717, 1.165) is 5.56 Å². The van der Waals surface area contributed by atoms with Crippen LogP contribution in [0.5, 0.6) is 5.75 Å². The number of rotatable bonds is 7. The number of ether oxygens (including phenoxy) is 2. The monoisotopic (exact) mass is 345 g/mol. The fourth-order valence-electron chi connectivity index (χ4n) is 2.37. The van der Waals surface area contributed by atoms with Crippen molar-refractivity contribution in [2.75, 3.05) is 14.2 Å². The number of esters is 1. The molecule has 0 unspecified atom stereocenters. The lowest BCUT2D eigenvalue weighted by atomic mass is 10.0. The Bertz CT molecular complexity index is 713. The molecule has 0 heterocycles. The van der Waals surface area contributed by atoms with Crippen molar-refractivity contribution >= 4 is 11.9 Å². The van der Waals surface area contributed by atoms with Gasteiger partial charge in [-0.3, -0.25) is 4.79 Å². The average Bonchev–Trinajstić information content (AvgIpc) is 2.63. The van der Waals surface area contributed by atoms with Crippen molar-refractivity contribution in [1.29, 1.82) is 0 Å². The fraction of sp³-hybridized carbons (Fsp3) is 0.263. The molecule has 132 valence electrons. The Morgan fingerprint density at radius 2 is 1.60 bits per heavy atom. The van der Waals surface area contributed by atoms with Gasteiger partial charge in [0.1, 0.15) is 17.6 Å². The molecule has 5 nitrogen and oxygen atoms in total. The molecule has 1 N–H and O–H groups in total. The summed E-state index contributed by atoms with van der Waals surface area (Å²) >= 11 is 0. The van der Waals surface area contributed by atoms with Crippen LogP contribution in [0.4, 0.5) is 4.39 Å². The lowest BCUT2D eigenvalue weighted by molar-refractivity contribution is -0.145. The van der Waals surface area contributed by atoms with Gasteiger partial charge in [-0.25, -0.2) is 9.18 Å². The van der Waals surface area contributed by atoms with Gasteiger partial charge >= 0.3 is 5.97 Å². The van der Waals surface area contributed by atoms with Crippen LogP contribution in [-0.2, 0) is 27.2 Å². The largest absolute Gasteiger partial charge is 0.497 e. The molecule has 0 aliphatic heterocycles. The van der Waals surface area contributed by atoms with Gasteiger partial charge in [-0.1, -0.05) is 24.3 Å². The normalized spacial score (nSPS) is 11.5. The molecule has 0 fully saturated rings. The highest BCUT2D eigenvalue weighted by molar-refractivity contribution is 5.85. The topological polar surface area (TPSA) is 64.6 Å². The molecule has 0 aliphatic carbocycles. The van der Waals surface area contributed by atoms with Gasteiger partial charge < -0.3 is 14.8 Å². The van der Waals surface area contributed by atoms with E-state index in [9.17, 15) is 14.0 Å². The van der Waals surface area contributed by atoms with Crippen LogP contribution in [0.3, 0.4) is 0 Å². The van der Waals surface area contributed by atoms with Crippen LogP contribution in [0, 0.1) is 5.82 Å². The van der Waals surface area contributed by atoms with Crippen molar-refractivity contribution in [2.24, 2.45) is 0 Å². The lowest BCUT2D eigenvalue weighted by Crippen LogP contribution is -2.43. The highest BCUT2D eigenvalue weighted by Gasteiger charge is 2.22. The first-order chi connectivity index (χ1) is 12.0. The summed E-state index contributed by atoms with van der Waals surface area (Å²) in [6, 6.07) is 12.0. The van der Waals surface area contributed by atoms with Gasteiger partial charge in [-0.2, -0.15) is 0 Å². The van der Waals surface area contributed by atoms with Gasteiger partial charge in [-0.15, -0.1) is 0 Å². The molecule has 1 atom stereocenters. The second-order valence-corrected chi connectivity index (χ2v) is 5.50. The summed E-state index contributed by atoms with van der Waals surface area (Å²) in [5, 5.41) is 2.67. The summed E-state index contributed by atoms with van der Waals surface area (Å²) < 4.78 is 22.8. The van der Waals surface area contributed by atoms with Gasteiger partial charge in [0.2, 0.25) is 5.91 Å². The maximum Gasteiger partial charge on any atom is 0.328 e. The summed E-state index contributed by atoms with van der Waals surface area (Å²) in [5.74, 6) is -0.520. The minimum atomic E-state index is -0.800. The highest BCUT2D eigenvalue weighted by atomic mass is 19.1. The zero-order chi connectivity index (χ0) is 18.2. The molecule has 0 bridgehead atoms. The molecular weight excluding hydrogens is 325 g/mol. The predicted octanol–water partition coefficient (Wildman–Crippen LogP) is 2.28. The van der Waals surface area contributed by atoms with E-state index < -0.39 is 12.0 Å². The maximum atomic E-state index is 12.9. The molecule has 0 aromatic heterocycles. The van der Waals surface area contributed by atoms with Crippen LogP contribution in [0.25, 0.3) is 0 Å². The van der Waals surface area contributed by atoms with E-state index in [1.807, 2.05) is 12.1 Å². The third-order valence-electron chi connectivity index (χ3n) is 3.70. The first-order valence-electron chi connectivity index (χ1n) is 7.76. The number of carbonyl (C=O) groups excluding carboxylic acids is 2. The third-order valence-corrected chi connectivity index (χ3v) is 3.70. The number of methoxy groups -OCH3 is 2. The zero-order valence-electron chi connectivity index (χ0n) is 14.1. The third kappa shape index (κ3) is 5.60. The smallest absolute Gasteiger partial charge is 0.328 e. The van der Waals surface area contributed by atoms with E-state index in [1.54, 1.807) is 19.2 Å². The van der Waals surface area contributed by atoms with Gasteiger partial charge in [0.25, 0.3) is 0 Å². The number of halogens is 1. The van der Waals surface area contributed by atoms with Crippen molar-refractivity contribution in [3.8, 4) is 5.75 Å². The molecule has 0 radical (unpaired) electrons. The van der Waals surface area contributed by atoms with Crippen LogP contribution >= 0.6 is 0 Å². The van der Waals surface area contributed by atoms with Crippen LogP contribution in [0.2, 0.25) is 0 Å². The predicted molar refractivity (Wildman–Crippen MR) is 90.7 cm³/mol. The number of carbonyl (C=O) groups is 2. The zero-order valence-corrected chi connectivity index (χ0v) is 14.1. The highest BCUT2D eigenvalue weighted by Crippen LogP contribution is 2.13. The average molecular weight is 345 g/mol. The number of benzene rings is 2. The minimum absolute atomic E-state index is 0.0520. The second kappa shape index (κ2) is 8.82. The van der Waals surface area contributed by atoms with Gasteiger partial charge in [-0.05, 0) is 35.4 Å².